The first kappa shape index (κ1) is 12.5. The molecule has 0 saturated heterocycles. The molecule has 0 fully saturated rings. The summed E-state index contributed by atoms with van der Waals surface area (Å²) >= 11 is 5.50. The molecular formula is C11H13ClN2O2. The maximum Gasteiger partial charge on any atom is 0.266 e. The van der Waals surface area contributed by atoms with Gasteiger partial charge in [0.1, 0.15) is 11.6 Å². The zero-order chi connectivity index (χ0) is 12.1. The molecule has 1 aromatic rings. The second-order valence-electron chi connectivity index (χ2n) is 3.39. The van der Waals surface area contributed by atoms with Gasteiger partial charge in [0.2, 0.25) is 0 Å². The number of rotatable bonds is 0. The predicted octanol–water partition coefficient (Wildman–Crippen LogP) is 1.92. The second kappa shape index (κ2) is 5.51. The van der Waals surface area contributed by atoms with Gasteiger partial charge in [0, 0.05) is 12.1 Å². The largest absolute Gasteiger partial charge is 0.508 e. The second-order valence-corrected chi connectivity index (χ2v) is 3.82. The molecule has 1 N–H and O–H groups in total. The number of amides is 1. The van der Waals surface area contributed by atoms with Crippen LogP contribution in [-0.4, -0.2) is 35.3 Å². The van der Waals surface area contributed by atoms with Gasteiger partial charge >= 0.3 is 0 Å². The summed E-state index contributed by atoms with van der Waals surface area (Å²) in [6, 6.07) is 6.36. The minimum absolute atomic E-state index is 0.0370. The Balaban J connectivity index is 0.000000160. The number of aliphatic imine (C=N–C) groups is 1. The lowest BCUT2D eigenvalue weighted by Crippen LogP contribution is -2.20. The molecule has 1 amide bonds. The number of likely N-dealkylation sites (N-methyl/N-ethyl adjacent to an activating group) is 1. The first-order valence-electron chi connectivity index (χ1n) is 4.73. The Hall–Kier alpha value is -1.55. The van der Waals surface area contributed by atoms with Crippen molar-refractivity contribution in [3.8, 4) is 5.75 Å². The molecule has 0 atom stereocenters. The van der Waals surface area contributed by atoms with Gasteiger partial charge in [0.25, 0.3) is 5.91 Å². The number of nitrogens with zero attached hydrogens (tertiary/aromatic N) is 2. The van der Waals surface area contributed by atoms with Crippen molar-refractivity contribution in [3.05, 3.63) is 29.3 Å². The van der Waals surface area contributed by atoms with E-state index in [-0.39, 0.29) is 11.7 Å². The van der Waals surface area contributed by atoms with Gasteiger partial charge in [-0.15, -0.1) is 0 Å². The van der Waals surface area contributed by atoms with E-state index in [0.29, 0.717) is 11.6 Å². The van der Waals surface area contributed by atoms with Crippen LogP contribution in [0.3, 0.4) is 0 Å². The maximum absolute atomic E-state index is 10.4. The Morgan fingerprint density at radius 2 is 1.94 bits per heavy atom. The van der Waals surface area contributed by atoms with Crippen molar-refractivity contribution in [2.45, 2.75) is 6.92 Å². The molecule has 0 bridgehead atoms. The summed E-state index contributed by atoms with van der Waals surface area (Å²) < 4.78 is 0. The van der Waals surface area contributed by atoms with Gasteiger partial charge in [-0.2, -0.15) is 4.99 Å². The van der Waals surface area contributed by atoms with Gasteiger partial charge < -0.3 is 10.0 Å². The number of aromatic hydroxyl groups is 1. The summed E-state index contributed by atoms with van der Waals surface area (Å²) in [7, 11) is 1.85. The molecule has 0 saturated carbocycles. The number of benzene rings is 1. The zero-order valence-corrected chi connectivity index (χ0v) is 9.90. The monoisotopic (exact) mass is 240 g/mol. The molecule has 4 nitrogen and oxygen atoms in total. The summed E-state index contributed by atoms with van der Waals surface area (Å²) in [4.78, 5) is 15.9. The average molecular weight is 241 g/mol. The van der Waals surface area contributed by atoms with Crippen molar-refractivity contribution in [2.75, 3.05) is 13.6 Å². The van der Waals surface area contributed by atoms with Gasteiger partial charge in [-0.25, -0.2) is 0 Å². The molecule has 1 heterocycles. The van der Waals surface area contributed by atoms with Gasteiger partial charge in [0.15, 0.2) is 0 Å². The van der Waals surface area contributed by atoms with Gasteiger partial charge in [-0.05, 0) is 31.2 Å². The topological polar surface area (TPSA) is 52.9 Å². The molecule has 0 aliphatic carbocycles. The number of halogens is 1. The van der Waals surface area contributed by atoms with Crippen LogP contribution in [0.2, 0.25) is 5.02 Å². The van der Waals surface area contributed by atoms with Gasteiger partial charge in [-0.1, -0.05) is 11.6 Å². The van der Waals surface area contributed by atoms with Crippen LogP contribution in [-0.2, 0) is 4.79 Å². The number of amidine groups is 1. The van der Waals surface area contributed by atoms with E-state index in [4.69, 9.17) is 16.7 Å². The summed E-state index contributed by atoms with van der Waals surface area (Å²) in [5, 5.41) is 9.34. The highest BCUT2D eigenvalue weighted by atomic mass is 35.5. The third kappa shape index (κ3) is 3.90. The molecule has 86 valence electrons. The van der Waals surface area contributed by atoms with Gasteiger partial charge in [0.05, 0.1) is 6.54 Å². The summed E-state index contributed by atoms with van der Waals surface area (Å²) in [6.07, 6.45) is 0. The van der Waals surface area contributed by atoms with Crippen molar-refractivity contribution in [1.29, 1.82) is 0 Å². The highest BCUT2D eigenvalue weighted by molar-refractivity contribution is 6.30. The molecule has 2 rings (SSSR count). The highest BCUT2D eigenvalue weighted by Crippen LogP contribution is 2.12. The van der Waals surface area contributed by atoms with E-state index in [9.17, 15) is 4.79 Å². The van der Waals surface area contributed by atoms with Crippen LogP contribution < -0.4 is 0 Å². The number of phenolic OH excluding ortho intramolecular Hbond substituents is 1. The van der Waals surface area contributed by atoms with Crippen molar-refractivity contribution >= 4 is 23.3 Å². The fraction of sp³-hybridized carbons (Fsp3) is 0.273. The number of phenols is 1. The number of carbonyl (C=O) groups excluding carboxylic acids is 1. The van der Waals surface area contributed by atoms with E-state index in [1.54, 1.807) is 24.3 Å². The molecule has 1 aliphatic rings. The van der Waals surface area contributed by atoms with Crippen LogP contribution in [0.5, 0.6) is 5.75 Å². The summed E-state index contributed by atoms with van der Waals surface area (Å²) in [5.74, 6) is 1.02. The first-order chi connectivity index (χ1) is 7.49. The molecule has 0 aromatic heterocycles. The summed E-state index contributed by atoms with van der Waals surface area (Å²) in [6.45, 7) is 2.27. The standard InChI is InChI=1S/C6H5ClO.C5H8N2O/c7-5-1-3-6(8)4-2-5;1-4-6-5(8)3-7(4)2/h1-4,8H;3H2,1-2H3. The van der Waals surface area contributed by atoms with Crippen molar-refractivity contribution in [2.24, 2.45) is 4.99 Å². The lowest BCUT2D eigenvalue weighted by molar-refractivity contribution is -0.116. The van der Waals surface area contributed by atoms with Crippen LogP contribution in [0, 0.1) is 0 Å². The fourth-order valence-corrected chi connectivity index (χ4v) is 1.19. The van der Waals surface area contributed by atoms with Crippen LogP contribution in [0.1, 0.15) is 6.92 Å². The van der Waals surface area contributed by atoms with E-state index in [1.165, 1.54) is 0 Å². The lowest BCUT2D eigenvalue weighted by atomic mass is 10.3. The van der Waals surface area contributed by atoms with E-state index < -0.39 is 0 Å². The number of carbonyl (C=O) groups is 1. The molecule has 1 aromatic carbocycles. The minimum Gasteiger partial charge on any atom is -0.508 e. The highest BCUT2D eigenvalue weighted by Gasteiger charge is 2.13. The molecule has 0 spiro atoms. The normalized spacial score (nSPS) is 14.3. The maximum atomic E-state index is 10.4. The van der Waals surface area contributed by atoms with Crippen LogP contribution >= 0.6 is 11.6 Å². The van der Waals surface area contributed by atoms with E-state index in [0.717, 1.165) is 5.84 Å². The fourth-order valence-electron chi connectivity index (χ4n) is 1.06. The Morgan fingerprint density at radius 1 is 1.38 bits per heavy atom. The molecular weight excluding hydrogens is 228 g/mol. The van der Waals surface area contributed by atoms with Crippen LogP contribution in [0.4, 0.5) is 0 Å². The predicted molar refractivity (Wildman–Crippen MR) is 63.9 cm³/mol. The van der Waals surface area contributed by atoms with Crippen LogP contribution in [0.15, 0.2) is 29.3 Å². The molecule has 0 radical (unpaired) electrons. The summed E-state index contributed by atoms with van der Waals surface area (Å²) in [5.41, 5.74) is 0. The van der Waals surface area contributed by atoms with Crippen LogP contribution in [0.25, 0.3) is 0 Å². The minimum atomic E-state index is -0.0370. The van der Waals surface area contributed by atoms with Crippen molar-refractivity contribution in [1.82, 2.24) is 4.90 Å². The third-order valence-corrected chi connectivity index (χ3v) is 2.29. The first-order valence-corrected chi connectivity index (χ1v) is 5.10. The Kier molecular flexibility index (Phi) is 4.31. The lowest BCUT2D eigenvalue weighted by Gasteiger charge is -2.05. The van der Waals surface area contributed by atoms with E-state index in [2.05, 4.69) is 4.99 Å². The SMILES string of the molecule is CC1=NC(=O)CN1C.Oc1ccc(Cl)cc1. The quantitative estimate of drug-likeness (QED) is 0.754. The molecule has 1 aliphatic heterocycles. The third-order valence-electron chi connectivity index (χ3n) is 2.04. The number of hydrogen-bond donors (Lipinski definition) is 1. The van der Waals surface area contributed by atoms with Gasteiger partial charge in [-0.3, -0.25) is 4.79 Å². The van der Waals surface area contributed by atoms with Crippen molar-refractivity contribution < 1.29 is 9.90 Å². The zero-order valence-electron chi connectivity index (χ0n) is 9.14. The molecule has 0 unspecified atom stereocenters. The molecule has 16 heavy (non-hydrogen) atoms. The smallest absolute Gasteiger partial charge is 0.266 e. The van der Waals surface area contributed by atoms with Crippen molar-refractivity contribution in [3.63, 3.8) is 0 Å². The Morgan fingerprint density at radius 3 is 2.19 bits per heavy atom. The average Bonchev–Trinajstić information content (AvgIpc) is 2.50. The van der Waals surface area contributed by atoms with E-state index >= 15 is 0 Å². The number of hydrogen-bond acceptors (Lipinski definition) is 3. The van der Waals surface area contributed by atoms with E-state index in [1.807, 2.05) is 18.9 Å². The molecule has 5 heteroatoms. The Bertz CT molecular complexity index is 380. The Labute approximate surface area is 99.2 Å².